The molecule has 80 valence electrons. The Hall–Kier alpha value is 0.270. The van der Waals surface area contributed by atoms with Crippen LogP contribution in [0.1, 0.15) is 26.2 Å². The van der Waals surface area contributed by atoms with E-state index in [1.165, 1.54) is 18.6 Å². The van der Waals surface area contributed by atoms with Crippen LogP contribution in [0, 0.1) is 0 Å². The standard InChI is InChI=1S/C10H23NOS/c1-3-4-8-12-9-5-6-11-7-10-13-2/h11H,3-10H2,1-2H3. The number of thioether (sulfide) groups is 1. The van der Waals surface area contributed by atoms with Crippen LogP contribution in [0.5, 0.6) is 0 Å². The highest BCUT2D eigenvalue weighted by Crippen LogP contribution is 1.90. The van der Waals surface area contributed by atoms with Crippen molar-refractivity contribution in [2.45, 2.75) is 26.2 Å². The molecule has 1 N–H and O–H groups in total. The predicted octanol–water partition coefficient (Wildman–Crippen LogP) is 2.15. The lowest BCUT2D eigenvalue weighted by molar-refractivity contribution is 0.129. The van der Waals surface area contributed by atoms with Crippen LogP contribution in [0.15, 0.2) is 0 Å². The van der Waals surface area contributed by atoms with Gasteiger partial charge in [0.2, 0.25) is 0 Å². The third-order valence-electron chi connectivity index (χ3n) is 1.77. The van der Waals surface area contributed by atoms with Crippen molar-refractivity contribution in [2.24, 2.45) is 0 Å². The molecule has 3 heteroatoms. The van der Waals surface area contributed by atoms with Gasteiger partial charge in [-0.15, -0.1) is 0 Å². The third kappa shape index (κ3) is 12.3. The van der Waals surface area contributed by atoms with E-state index < -0.39 is 0 Å². The number of nitrogens with one attached hydrogen (secondary N) is 1. The van der Waals surface area contributed by atoms with E-state index in [2.05, 4.69) is 18.5 Å². The Kier molecular flexibility index (Phi) is 12.5. The number of ether oxygens (including phenoxy) is 1. The first-order valence-corrected chi connectivity index (χ1v) is 6.58. The summed E-state index contributed by atoms with van der Waals surface area (Å²) in [7, 11) is 0. The zero-order valence-corrected chi connectivity index (χ0v) is 9.79. The summed E-state index contributed by atoms with van der Waals surface area (Å²) >= 11 is 1.88. The van der Waals surface area contributed by atoms with Gasteiger partial charge in [0.1, 0.15) is 0 Å². The molecule has 0 amide bonds. The van der Waals surface area contributed by atoms with Crippen molar-refractivity contribution in [1.82, 2.24) is 5.32 Å². The van der Waals surface area contributed by atoms with Crippen LogP contribution in [-0.4, -0.2) is 38.3 Å². The summed E-state index contributed by atoms with van der Waals surface area (Å²) in [4.78, 5) is 0. The highest BCUT2D eigenvalue weighted by Gasteiger charge is 1.89. The molecule has 0 aromatic heterocycles. The van der Waals surface area contributed by atoms with E-state index in [4.69, 9.17) is 4.74 Å². The van der Waals surface area contributed by atoms with Gasteiger partial charge in [-0.1, -0.05) is 13.3 Å². The smallest absolute Gasteiger partial charge is 0.0478 e. The van der Waals surface area contributed by atoms with Gasteiger partial charge in [0.25, 0.3) is 0 Å². The van der Waals surface area contributed by atoms with Crippen molar-refractivity contribution in [2.75, 3.05) is 38.3 Å². The van der Waals surface area contributed by atoms with Crippen molar-refractivity contribution in [3.8, 4) is 0 Å². The van der Waals surface area contributed by atoms with Crippen LogP contribution in [0.2, 0.25) is 0 Å². The molecule has 13 heavy (non-hydrogen) atoms. The number of unbranched alkanes of at least 4 members (excludes halogenated alkanes) is 1. The van der Waals surface area contributed by atoms with Crippen LogP contribution >= 0.6 is 11.8 Å². The lowest BCUT2D eigenvalue weighted by Gasteiger charge is -2.04. The summed E-state index contributed by atoms with van der Waals surface area (Å²) < 4.78 is 5.44. The summed E-state index contributed by atoms with van der Waals surface area (Å²) in [5, 5.41) is 3.38. The average molecular weight is 205 g/mol. The maximum Gasteiger partial charge on any atom is 0.0478 e. The molecule has 0 spiro atoms. The Balaban J connectivity index is 2.76. The summed E-state index contributed by atoms with van der Waals surface area (Å²) in [6, 6.07) is 0. The fourth-order valence-electron chi connectivity index (χ4n) is 0.947. The molecular formula is C10H23NOS. The van der Waals surface area contributed by atoms with Crippen LogP contribution < -0.4 is 5.32 Å². The quantitative estimate of drug-likeness (QED) is 0.552. The van der Waals surface area contributed by atoms with Crippen molar-refractivity contribution in [1.29, 1.82) is 0 Å². The van der Waals surface area contributed by atoms with Gasteiger partial charge in [-0.3, -0.25) is 0 Å². The number of rotatable bonds is 10. The van der Waals surface area contributed by atoms with Gasteiger partial charge in [-0.05, 0) is 25.6 Å². The normalized spacial score (nSPS) is 10.6. The van der Waals surface area contributed by atoms with Gasteiger partial charge < -0.3 is 10.1 Å². The first kappa shape index (κ1) is 13.3. The van der Waals surface area contributed by atoms with E-state index in [1.807, 2.05) is 11.8 Å². The second-order valence-electron chi connectivity index (χ2n) is 3.06. The molecule has 2 nitrogen and oxygen atoms in total. The fourth-order valence-corrected chi connectivity index (χ4v) is 1.30. The minimum atomic E-state index is 0.909. The van der Waals surface area contributed by atoms with E-state index in [9.17, 15) is 0 Å². The Morgan fingerprint density at radius 3 is 2.62 bits per heavy atom. The summed E-state index contributed by atoms with van der Waals surface area (Å²) in [6.07, 6.45) is 5.69. The molecule has 0 saturated heterocycles. The lowest BCUT2D eigenvalue weighted by atomic mass is 10.4. The van der Waals surface area contributed by atoms with Crippen LogP contribution in [0.25, 0.3) is 0 Å². The Bertz CT molecular complexity index is 81.0. The average Bonchev–Trinajstić information content (AvgIpc) is 2.16. The second kappa shape index (κ2) is 12.3. The zero-order chi connectivity index (χ0) is 9.78. The highest BCUT2D eigenvalue weighted by molar-refractivity contribution is 7.98. The largest absolute Gasteiger partial charge is 0.381 e. The van der Waals surface area contributed by atoms with Crippen LogP contribution in [0.4, 0.5) is 0 Å². The molecule has 0 heterocycles. The molecule has 0 bridgehead atoms. The molecular weight excluding hydrogens is 182 g/mol. The minimum absolute atomic E-state index is 0.909. The predicted molar refractivity (Wildman–Crippen MR) is 61.6 cm³/mol. The monoisotopic (exact) mass is 205 g/mol. The molecule has 0 aliphatic heterocycles. The molecule has 0 atom stereocenters. The van der Waals surface area contributed by atoms with Crippen molar-refractivity contribution in [3.63, 3.8) is 0 Å². The Morgan fingerprint density at radius 2 is 1.92 bits per heavy atom. The molecule has 0 fully saturated rings. The van der Waals surface area contributed by atoms with Crippen LogP contribution in [-0.2, 0) is 4.74 Å². The van der Waals surface area contributed by atoms with Gasteiger partial charge in [-0.2, -0.15) is 11.8 Å². The van der Waals surface area contributed by atoms with Crippen molar-refractivity contribution < 1.29 is 4.74 Å². The SMILES string of the molecule is CCCCOCCCNCCSC. The third-order valence-corrected chi connectivity index (χ3v) is 2.38. The van der Waals surface area contributed by atoms with Gasteiger partial charge in [-0.25, -0.2) is 0 Å². The first-order chi connectivity index (χ1) is 6.41. The highest BCUT2D eigenvalue weighted by atomic mass is 32.2. The van der Waals surface area contributed by atoms with Gasteiger partial charge in [0.05, 0.1) is 0 Å². The molecule has 0 rings (SSSR count). The Labute approximate surface area is 86.8 Å². The van der Waals surface area contributed by atoms with E-state index >= 15 is 0 Å². The number of hydrogen-bond acceptors (Lipinski definition) is 3. The molecule has 0 aromatic rings. The number of hydrogen-bond donors (Lipinski definition) is 1. The maximum absolute atomic E-state index is 5.44. The van der Waals surface area contributed by atoms with Crippen LogP contribution in [0.3, 0.4) is 0 Å². The molecule has 0 radical (unpaired) electrons. The first-order valence-electron chi connectivity index (χ1n) is 5.19. The molecule has 0 saturated carbocycles. The second-order valence-corrected chi connectivity index (χ2v) is 4.05. The maximum atomic E-state index is 5.44. The molecule has 0 aromatic carbocycles. The van der Waals surface area contributed by atoms with Gasteiger partial charge in [0.15, 0.2) is 0 Å². The van der Waals surface area contributed by atoms with E-state index in [-0.39, 0.29) is 0 Å². The topological polar surface area (TPSA) is 21.3 Å². The summed E-state index contributed by atoms with van der Waals surface area (Å²) in [5.74, 6) is 1.21. The van der Waals surface area contributed by atoms with Gasteiger partial charge in [0, 0.05) is 25.5 Å². The molecule has 0 unspecified atom stereocenters. The minimum Gasteiger partial charge on any atom is -0.381 e. The van der Waals surface area contributed by atoms with E-state index in [0.29, 0.717) is 0 Å². The summed E-state index contributed by atoms with van der Waals surface area (Å²) in [6.45, 7) is 6.24. The zero-order valence-electron chi connectivity index (χ0n) is 8.97. The van der Waals surface area contributed by atoms with E-state index in [1.54, 1.807) is 0 Å². The van der Waals surface area contributed by atoms with E-state index in [0.717, 1.165) is 32.7 Å². The lowest BCUT2D eigenvalue weighted by Crippen LogP contribution is -2.19. The van der Waals surface area contributed by atoms with Gasteiger partial charge >= 0.3 is 0 Å². The Morgan fingerprint density at radius 1 is 1.15 bits per heavy atom. The fraction of sp³-hybridized carbons (Fsp3) is 1.00. The van der Waals surface area contributed by atoms with Crippen molar-refractivity contribution in [3.05, 3.63) is 0 Å². The van der Waals surface area contributed by atoms with Crippen molar-refractivity contribution >= 4 is 11.8 Å². The molecule has 0 aliphatic rings. The summed E-state index contributed by atoms with van der Waals surface area (Å²) in [5.41, 5.74) is 0. The molecule has 0 aliphatic carbocycles.